The number of aromatic nitrogens is 1. The molecule has 19 heavy (non-hydrogen) atoms. The summed E-state index contributed by atoms with van der Waals surface area (Å²) < 4.78 is 5.62. The van der Waals surface area contributed by atoms with Crippen LogP contribution in [0.3, 0.4) is 0 Å². The zero-order chi connectivity index (χ0) is 13.7. The maximum atomic E-state index is 5.62. The number of hydrogen-bond acceptors (Lipinski definition) is 2. The van der Waals surface area contributed by atoms with Crippen LogP contribution < -0.4 is 4.74 Å². The maximum absolute atomic E-state index is 5.62. The first-order valence-electron chi connectivity index (χ1n) is 6.80. The Morgan fingerprint density at radius 2 is 1.42 bits per heavy atom. The van der Waals surface area contributed by atoms with E-state index in [9.17, 15) is 0 Å². The molecule has 0 fully saturated rings. The molecule has 0 atom stereocenters. The molecule has 0 saturated carbocycles. The fourth-order valence-corrected chi connectivity index (χ4v) is 2.12. The Morgan fingerprint density at radius 3 is 2.11 bits per heavy atom. The molecule has 3 rings (SSSR count). The molecular weight excluding hydrogens is 234 g/mol. The molecule has 0 spiro atoms. The fraction of sp³-hybridized carbons (Fsp3) is 0.235. The number of fused-ring (bicyclic) bond motifs is 3. The van der Waals surface area contributed by atoms with Crippen molar-refractivity contribution in [3.63, 3.8) is 0 Å². The Labute approximate surface area is 114 Å². The smallest absolute Gasteiger partial charge is 0.221 e. The molecule has 3 aromatic rings. The lowest BCUT2D eigenvalue weighted by Crippen LogP contribution is -1.96. The standard InChI is InChI=1S/C15H13NO.C2H6/c1-2-17-15-13-9-4-3-7-11(13)12-8-5-6-10-14(12)16-15;1-2/h3-10H,2H2,1H3;1-2H3. The van der Waals surface area contributed by atoms with Gasteiger partial charge in [-0.25, -0.2) is 4.98 Å². The van der Waals surface area contributed by atoms with Crippen LogP contribution in [0, 0.1) is 0 Å². The van der Waals surface area contributed by atoms with E-state index in [1.807, 2.05) is 51.1 Å². The van der Waals surface area contributed by atoms with E-state index in [1.54, 1.807) is 0 Å². The zero-order valence-corrected chi connectivity index (χ0v) is 11.7. The van der Waals surface area contributed by atoms with E-state index < -0.39 is 0 Å². The average molecular weight is 253 g/mol. The quantitative estimate of drug-likeness (QED) is 0.611. The van der Waals surface area contributed by atoms with Crippen LogP contribution >= 0.6 is 0 Å². The number of ether oxygens (including phenoxy) is 1. The second kappa shape index (κ2) is 6.19. The summed E-state index contributed by atoms with van der Waals surface area (Å²) >= 11 is 0. The van der Waals surface area contributed by atoms with Crippen LogP contribution in [0.15, 0.2) is 48.5 Å². The lowest BCUT2D eigenvalue weighted by Gasteiger charge is -2.09. The van der Waals surface area contributed by atoms with Gasteiger partial charge in [-0.05, 0) is 24.4 Å². The number of hydrogen-bond donors (Lipinski definition) is 0. The Hall–Kier alpha value is -2.09. The van der Waals surface area contributed by atoms with Crippen LogP contribution in [-0.4, -0.2) is 11.6 Å². The molecule has 0 saturated heterocycles. The molecule has 0 unspecified atom stereocenters. The van der Waals surface area contributed by atoms with Crippen molar-refractivity contribution in [1.29, 1.82) is 0 Å². The van der Waals surface area contributed by atoms with E-state index in [-0.39, 0.29) is 0 Å². The third-order valence-corrected chi connectivity index (χ3v) is 2.85. The topological polar surface area (TPSA) is 22.1 Å². The highest BCUT2D eigenvalue weighted by Gasteiger charge is 2.07. The molecule has 1 heterocycles. The van der Waals surface area contributed by atoms with E-state index in [0.717, 1.165) is 16.8 Å². The molecule has 0 N–H and O–H groups in total. The van der Waals surface area contributed by atoms with Crippen molar-refractivity contribution < 1.29 is 4.74 Å². The average Bonchev–Trinajstić information content (AvgIpc) is 2.50. The van der Waals surface area contributed by atoms with Gasteiger partial charge in [0.25, 0.3) is 0 Å². The number of nitrogens with zero attached hydrogens (tertiary/aromatic N) is 1. The summed E-state index contributed by atoms with van der Waals surface area (Å²) in [5.41, 5.74) is 0.981. The molecule has 2 heteroatoms. The van der Waals surface area contributed by atoms with Gasteiger partial charge in [0.15, 0.2) is 0 Å². The SMILES string of the molecule is CC.CCOc1nc2ccccc2c2ccccc12. The first-order valence-corrected chi connectivity index (χ1v) is 6.80. The minimum atomic E-state index is 0.634. The van der Waals surface area contributed by atoms with E-state index in [1.165, 1.54) is 10.8 Å². The number of pyridine rings is 1. The van der Waals surface area contributed by atoms with E-state index in [4.69, 9.17) is 4.74 Å². The van der Waals surface area contributed by atoms with Crippen molar-refractivity contribution in [2.45, 2.75) is 20.8 Å². The molecule has 0 amide bonds. The summed E-state index contributed by atoms with van der Waals surface area (Å²) in [5, 5.41) is 3.45. The number of para-hydroxylation sites is 1. The normalized spacial score (nSPS) is 10.1. The van der Waals surface area contributed by atoms with Gasteiger partial charge in [-0.15, -0.1) is 0 Å². The summed E-state index contributed by atoms with van der Waals surface area (Å²) in [4.78, 5) is 4.57. The third kappa shape index (κ3) is 2.53. The maximum Gasteiger partial charge on any atom is 0.221 e. The van der Waals surface area contributed by atoms with Crippen molar-refractivity contribution in [3.8, 4) is 5.88 Å². The van der Waals surface area contributed by atoms with Gasteiger partial charge >= 0.3 is 0 Å². The Balaban J connectivity index is 0.000000637. The number of benzene rings is 2. The Kier molecular flexibility index (Phi) is 4.35. The molecule has 98 valence electrons. The van der Waals surface area contributed by atoms with Gasteiger partial charge in [-0.1, -0.05) is 50.2 Å². The summed E-state index contributed by atoms with van der Waals surface area (Å²) in [6.07, 6.45) is 0. The van der Waals surface area contributed by atoms with Crippen LogP contribution in [0.5, 0.6) is 5.88 Å². The highest BCUT2D eigenvalue weighted by molar-refractivity contribution is 6.07. The lowest BCUT2D eigenvalue weighted by molar-refractivity contribution is 0.332. The molecular formula is C17H19NO. The van der Waals surface area contributed by atoms with Crippen molar-refractivity contribution in [1.82, 2.24) is 4.98 Å². The summed E-state index contributed by atoms with van der Waals surface area (Å²) in [6, 6.07) is 16.4. The van der Waals surface area contributed by atoms with Crippen LogP contribution in [0.4, 0.5) is 0 Å². The van der Waals surface area contributed by atoms with Crippen molar-refractivity contribution >= 4 is 21.7 Å². The minimum Gasteiger partial charge on any atom is -0.478 e. The summed E-state index contributed by atoms with van der Waals surface area (Å²) in [6.45, 7) is 6.61. The Bertz CT molecular complexity index is 676. The second-order valence-corrected chi connectivity index (χ2v) is 3.91. The van der Waals surface area contributed by atoms with E-state index >= 15 is 0 Å². The minimum absolute atomic E-state index is 0.634. The molecule has 0 aliphatic heterocycles. The first kappa shape index (κ1) is 13.3. The van der Waals surface area contributed by atoms with Crippen LogP contribution in [-0.2, 0) is 0 Å². The molecule has 1 aromatic heterocycles. The molecule has 2 aromatic carbocycles. The van der Waals surface area contributed by atoms with Crippen molar-refractivity contribution in [2.24, 2.45) is 0 Å². The number of rotatable bonds is 2. The van der Waals surface area contributed by atoms with Gasteiger partial charge in [-0.3, -0.25) is 0 Å². The molecule has 0 radical (unpaired) electrons. The molecule has 0 bridgehead atoms. The van der Waals surface area contributed by atoms with Crippen LogP contribution in [0.1, 0.15) is 20.8 Å². The van der Waals surface area contributed by atoms with Gasteiger partial charge in [0.1, 0.15) is 0 Å². The molecule has 0 aliphatic carbocycles. The summed E-state index contributed by atoms with van der Waals surface area (Å²) in [5.74, 6) is 0.724. The molecule has 0 aliphatic rings. The largest absolute Gasteiger partial charge is 0.478 e. The van der Waals surface area contributed by atoms with Crippen LogP contribution in [0.25, 0.3) is 21.7 Å². The lowest BCUT2D eigenvalue weighted by atomic mass is 10.1. The van der Waals surface area contributed by atoms with Gasteiger partial charge < -0.3 is 4.74 Å². The van der Waals surface area contributed by atoms with Gasteiger partial charge in [0.2, 0.25) is 5.88 Å². The van der Waals surface area contributed by atoms with Gasteiger partial charge in [0, 0.05) is 10.8 Å². The zero-order valence-electron chi connectivity index (χ0n) is 11.7. The van der Waals surface area contributed by atoms with E-state index in [0.29, 0.717) is 6.61 Å². The molecule has 2 nitrogen and oxygen atoms in total. The summed E-state index contributed by atoms with van der Waals surface area (Å²) in [7, 11) is 0. The van der Waals surface area contributed by atoms with Gasteiger partial charge in [0.05, 0.1) is 12.1 Å². The van der Waals surface area contributed by atoms with E-state index in [2.05, 4.69) is 23.2 Å². The monoisotopic (exact) mass is 253 g/mol. The predicted octanol–water partition coefficient (Wildman–Crippen LogP) is 4.81. The third-order valence-electron chi connectivity index (χ3n) is 2.85. The van der Waals surface area contributed by atoms with Crippen molar-refractivity contribution in [3.05, 3.63) is 48.5 Å². The highest BCUT2D eigenvalue weighted by Crippen LogP contribution is 2.30. The first-order chi connectivity index (χ1) is 9.40. The predicted molar refractivity (Wildman–Crippen MR) is 81.8 cm³/mol. The highest BCUT2D eigenvalue weighted by atomic mass is 16.5. The fourth-order valence-electron chi connectivity index (χ4n) is 2.12. The second-order valence-electron chi connectivity index (χ2n) is 3.91. The Morgan fingerprint density at radius 1 is 0.842 bits per heavy atom. The van der Waals surface area contributed by atoms with Crippen molar-refractivity contribution in [2.75, 3.05) is 6.61 Å². The van der Waals surface area contributed by atoms with Gasteiger partial charge in [-0.2, -0.15) is 0 Å². The van der Waals surface area contributed by atoms with Crippen LogP contribution in [0.2, 0.25) is 0 Å².